The van der Waals surface area contributed by atoms with Gasteiger partial charge in [0, 0.05) is 18.3 Å². The van der Waals surface area contributed by atoms with Crippen LogP contribution in [0.4, 0.5) is 0 Å². The van der Waals surface area contributed by atoms with Gasteiger partial charge in [0.05, 0.1) is 6.61 Å². The van der Waals surface area contributed by atoms with Crippen LogP contribution in [0.2, 0.25) is 0 Å². The summed E-state index contributed by atoms with van der Waals surface area (Å²) in [4.78, 5) is 7.84. The van der Waals surface area contributed by atoms with Crippen LogP contribution in [0.25, 0.3) is 0 Å². The lowest BCUT2D eigenvalue weighted by molar-refractivity contribution is 0.304. The number of imidazole rings is 1. The fourth-order valence-corrected chi connectivity index (χ4v) is 3.99. The molecule has 1 aromatic heterocycles. The highest BCUT2D eigenvalue weighted by molar-refractivity contribution is 5.29. The first-order chi connectivity index (χ1) is 14.2. The van der Waals surface area contributed by atoms with E-state index in [1.807, 2.05) is 12.4 Å². The third-order valence-corrected chi connectivity index (χ3v) is 5.97. The summed E-state index contributed by atoms with van der Waals surface area (Å²) in [6, 6.07) is 8.78. The molecule has 0 aliphatic rings. The molecule has 1 aromatic carbocycles. The largest absolute Gasteiger partial charge is 0.494 e. The van der Waals surface area contributed by atoms with Crippen molar-refractivity contribution in [2.75, 3.05) is 6.61 Å². The lowest BCUT2D eigenvalue weighted by Gasteiger charge is -2.17. The Morgan fingerprint density at radius 3 is 2.28 bits per heavy atom. The summed E-state index contributed by atoms with van der Waals surface area (Å²) in [6.45, 7) is 7.70. The van der Waals surface area contributed by atoms with Crippen molar-refractivity contribution in [3.05, 3.63) is 48.0 Å². The van der Waals surface area contributed by atoms with Crippen molar-refractivity contribution < 1.29 is 4.74 Å². The number of H-pyrrole nitrogens is 1. The van der Waals surface area contributed by atoms with Crippen LogP contribution >= 0.6 is 0 Å². The molecule has 162 valence electrons. The van der Waals surface area contributed by atoms with Gasteiger partial charge in [-0.15, -0.1) is 0 Å². The summed E-state index contributed by atoms with van der Waals surface area (Å²) in [5.41, 5.74) is 1.42. The van der Waals surface area contributed by atoms with Gasteiger partial charge in [0.1, 0.15) is 11.6 Å². The molecule has 0 bridgehead atoms. The van der Waals surface area contributed by atoms with Crippen LogP contribution in [0.1, 0.15) is 115 Å². The number of nitrogens with zero attached hydrogens (tertiary/aromatic N) is 1. The maximum absolute atomic E-state index is 5.90. The summed E-state index contributed by atoms with van der Waals surface area (Å²) in [7, 11) is 0. The van der Waals surface area contributed by atoms with E-state index in [9.17, 15) is 0 Å². The second-order valence-electron chi connectivity index (χ2n) is 8.48. The van der Waals surface area contributed by atoms with Crippen molar-refractivity contribution in [3.63, 3.8) is 0 Å². The summed E-state index contributed by atoms with van der Waals surface area (Å²) < 4.78 is 5.90. The minimum atomic E-state index is 0.574. The molecule has 3 nitrogen and oxygen atoms in total. The smallest absolute Gasteiger partial charge is 0.119 e. The van der Waals surface area contributed by atoms with Gasteiger partial charge in [0.2, 0.25) is 0 Å². The number of unbranched alkanes of at least 4 members (excludes halogenated alkanes) is 5. The molecule has 0 amide bonds. The van der Waals surface area contributed by atoms with E-state index in [0.717, 1.165) is 18.8 Å². The van der Waals surface area contributed by atoms with Gasteiger partial charge in [0.25, 0.3) is 0 Å². The zero-order chi connectivity index (χ0) is 20.7. The van der Waals surface area contributed by atoms with Crippen LogP contribution < -0.4 is 4.74 Å². The lowest BCUT2D eigenvalue weighted by atomic mass is 9.90. The van der Waals surface area contributed by atoms with Crippen molar-refractivity contribution in [1.29, 1.82) is 0 Å². The first-order valence-electron chi connectivity index (χ1n) is 12.0. The molecule has 2 aromatic rings. The molecule has 1 N–H and O–H groups in total. The summed E-state index contributed by atoms with van der Waals surface area (Å²) in [5, 5.41) is 0. The van der Waals surface area contributed by atoms with E-state index in [2.05, 4.69) is 55.0 Å². The highest BCUT2D eigenvalue weighted by Crippen LogP contribution is 2.29. The molecule has 1 heterocycles. The Morgan fingerprint density at radius 1 is 0.862 bits per heavy atom. The van der Waals surface area contributed by atoms with E-state index >= 15 is 0 Å². The normalized spacial score (nSPS) is 13.3. The van der Waals surface area contributed by atoms with Gasteiger partial charge in [-0.05, 0) is 49.3 Å². The van der Waals surface area contributed by atoms with Gasteiger partial charge in [0.15, 0.2) is 0 Å². The van der Waals surface area contributed by atoms with E-state index in [-0.39, 0.29) is 0 Å². The number of rotatable bonds is 16. The summed E-state index contributed by atoms with van der Waals surface area (Å²) in [6.07, 6.45) is 17.7. The Kier molecular flexibility index (Phi) is 11.6. The van der Waals surface area contributed by atoms with E-state index in [1.165, 1.54) is 75.6 Å². The second-order valence-corrected chi connectivity index (χ2v) is 8.48. The van der Waals surface area contributed by atoms with Crippen molar-refractivity contribution in [1.82, 2.24) is 9.97 Å². The Bertz CT molecular complexity index is 621. The molecule has 0 saturated heterocycles. The molecule has 0 saturated carbocycles. The van der Waals surface area contributed by atoms with E-state index in [0.29, 0.717) is 11.8 Å². The van der Waals surface area contributed by atoms with Crippen LogP contribution in [-0.4, -0.2) is 16.6 Å². The third kappa shape index (κ3) is 9.06. The number of aromatic nitrogens is 2. The first-order valence-corrected chi connectivity index (χ1v) is 12.0. The Labute approximate surface area is 178 Å². The van der Waals surface area contributed by atoms with Crippen molar-refractivity contribution in [3.8, 4) is 5.75 Å². The molecule has 2 rings (SSSR count). The molecule has 2 unspecified atom stereocenters. The van der Waals surface area contributed by atoms with Gasteiger partial charge in [-0.25, -0.2) is 4.98 Å². The Morgan fingerprint density at radius 2 is 1.59 bits per heavy atom. The minimum Gasteiger partial charge on any atom is -0.494 e. The molecule has 29 heavy (non-hydrogen) atoms. The number of benzene rings is 1. The van der Waals surface area contributed by atoms with Crippen LogP contribution in [0.5, 0.6) is 5.75 Å². The summed E-state index contributed by atoms with van der Waals surface area (Å²) in [5.74, 6) is 3.34. The van der Waals surface area contributed by atoms with Gasteiger partial charge in [-0.2, -0.15) is 0 Å². The first kappa shape index (κ1) is 23.5. The van der Waals surface area contributed by atoms with Gasteiger partial charge >= 0.3 is 0 Å². The van der Waals surface area contributed by atoms with Crippen LogP contribution in [-0.2, 0) is 0 Å². The number of aromatic amines is 1. The highest BCUT2D eigenvalue weighted by Gasteiger charge is 2.14. The van der Waals surface area contributed by atoms with E-state index in [1.54, 1.807) is 0 Å². The zero-order valence-electron chi connectivity index (χ0n) is 19.0. The molecule has 0 radical (unpaired) electrons. The van der Waals surface area contributed by atoms with Crippen molar-refractivity contribution in [2.45, 2.75) is 103 Å². The maximum atomic E-state index is 5.90. The maximum Gasteiger partial charge on any atom is 0.119 e. The molecule has 0 aliphatic heterocycles. The quantitative estimate of drug-likeness (QED) is 0.291. The Hall–Kier alpha value is -1.77. The van der Waals surface area contributed by atoms with E-state index < -0.39 is 0 Å². The zero-order valence-corrected chi connectivity index (χ0v) is 19.0. The topological polar surface area (TPSA) is 37.9 Å². The number of ether oxygens (including phenoxy) is 1. The van der Waals surface area contributed by atoms with Crippen LogP contribution in [0.15, 0.2) is 36.7 Å². The minimum absolute atomic E-state index is 0.574. The van der Waals surface area contributed by atoms with Crippen molar-refractivity contribution in [2.24, 2.45) is 0 Å². The van der Waals surface area contributed by atoms with Gasteiger partial charge < -0.3 is 9.72 Å². The predicted molar refractivity (Wildman–Crippen MR) is 124 cm³/mol. The molecular weight excluding hydrogens is 356 g/mol. The second kappa shape index (κ2) is 14.3. The SMILES string of the molecule is CCCCCCCOc1ccc(C(C)CCCC(CCCC)c2ncc[nH]2)cc1. The molecule has 0 aliphatic carbocycles. The molecule has 3 heteroatoms. The number of hydrogen-bond donors (Lipinski definition) is 1. The van der Waals surface area contributed by atoms with Crippen LogP contribution in [0, 0.1) is 0 Å². The van der Waals surface area contributed by atoms with Gasteiger partial charge in [-0.1, -0.05) is 77.8 Å². The highest BCUT2D eigenvalue weighted by atomic mass is 16.5. The molecular formula is C26H42N2O. The molecule has 0 fully saturated rings. The number of nitrogens with one attached hydrogen (secondary N) is 1. The third-order valence-electron chi connectivity index (χ3n) is 5.97. The fourth-order valence-electron chi connectivity index (χ4n) is 3.99. The monoisotopic (exact) mass is 398 g/mol. The molecule has 0 spiro atoms. The average molecular weight is 399 g/mol. The van der Waals surface area contributed by atoms with Crippen LogP contribution in [0.3, 0.4) is 0 Å². The van der Waals surface area contributed by atoms with Gasteiger partial charge in [-0.3, -0.25) is 0 Å². The molecule has 2 atom stereocenters. The fraction of sp³-hybridized carbons (Fsp3) is 0.654. The number of hydrogen-bond acceptors (Lipinski definition) is 2. The lowest BCUT2D eigenvalue weighted by Crippen LogP contribution is -2.03. The van der Waals surface area contributed by atoms with E-state index in [4.69, 9.17) is 4.74 Å². The van der Waals surface area contributed by atoms with Crippen molar-refractivity contribution >= 4 is 0 Å². The standard InChI is InChI=1S/C26H42N2O/c1-4-6-8-9-10-21-29-25-17-15-23(16-18-25)22(3)12-11-14-24(13-7-5-2)26-27-19-20-28-26/h15-20,22,24H,4-14,21H2,1-3H3,(H,27,28). The Balaban J connectivity index is 1.70. The summed E-state index contributed by atoms with van der Waals surface area (Å²) >= 11 is 0. The average Bonchev–Trinajstić information content (AvgIpc) is 3.28. The predicted octanol–water partition coefficient (Wildman–Crippen LogP) is 8.01.